The predicted molar refractivity (Wildman–Crippen MR) is 124 cm³/mol. The predicted octanol–water partition coefficient (Wildman–Crippen LogP) is 3.88. The van der Waals surface area contributed by atoms with Crippen LogP contribution in [0.25, 0.3) is 6.08 Å². The largest absolute Gasteiger partial charge is 0.269 e. The van der Waals surface area contributed by atoms with Crippen LogP contribution in [0, 0.1) is 20.2 Å². The molecule has 0 saturated carbocycles. The van der Waals surface area contributed by atoms with Crippen molar-refractivity contribution >= 4 is 31.4 Å². The first-order chi connectivity index (χ1) is 16.0. The van der Waals surface area contributed by atoms with Gasteiger partial charge in [0.25, 0.3) is 5.69 Å². The van der Waals surface area contributed by atoms with E-state index in [4.69, 9.17) is 0 Å². The minimum absolute atomic E-state index is 0.172. The SMILES string of the molecule is O=[N+]([O-])/C(=C\c1ccc([N+](=O)[O-])cc1)CC(S(=O)(=O)c1ccccc1)S(=O)(=O)c1ccccc1. The Bertz CT molecular complexity index is 1370. The molecule has 34 heavy (non-hydrogen) atoms. The van der Waals surface area contributed by atoms with Gasteiger partial charge >= 0.3 is 0 Å². The van der Waals surface area contributed by atoms with E-state index in [1.54, 1.807) is 12.1 Å². The average Bonchev–Trinajstić information content (AvgIpc) is 2.82. The van der Waals surface area contributed by atoms with Gasteiger partial charge in [0.05, 0.1) is 26.1 Å². The van der Waals surface area contributed by atoms with Crippen molar-refractivity contribution in [1.82, 2.24) is 0 Å². The van der Waals surface area contributed by atoms with Gasteiger partial charge in [-0.15, -0.1) is 0 Å². The molecule has 0 unspecified atom stereocenters. The topological polar surface area (TPSA) is 155 Å². The summed E-state index contributed by atoms with van der Waals surface area (Å²) >= 11 is 0. The molecule has 0 spiro atoms. The van der Waals surface area contributed by atoms with Gasteiger partial charge in [0, 0.05) is 18.2 Å². The second-order valence-corrected chi connectivity index (χ2v) is 11.7. The summed E-state index contributed by atoms with van der Waals surface area (Å²) in [5.74, 6) is 0. The Kier molecular flexibility index (Phi) is 7.23. The molecule has 0 aliphatic rings. The van der Waals surface area contributed by atoms with Crippen LogP contribution in [0.4, 0.5) is 5.69 Å². The standard InChI is InChI=1S/C22H18N2O8S2/c25-23(26)18-13-11-17(12-14-18)15-19(24(27)28)16-22(33(29,30)20-7-3-1-4-8-20)34(31,32)21-9-5-2-6-10-21/h1-15,22H,16H2/b19-15-. The van der Waals surface area contributed by atoms with E-state index in [2.05, 4.69) is 0 Å². The molecule has 0 saturated heterocycles. The summed E-state index contributed by atoms with van der Waals surface area (Å²) in [5.41, 5.74) is -0.751. The molecule has 3 aromatic rings. The first-order valence-electron chi connectivity index (χ1n) is 9.71. The second-order valence-electron chi connectivity index (χ2n) is 7.09. The van der Waals surface area contributed by atoms with Crippen LogP contribution in [0.1, 0.15) is 12.0 Å². The molecule has 0 N–H and O–H groups in total. The number of rotatable bonds is 9. The van der Waals surface area contributed by atoms with Crippen molar-refractivity contribution in [3.63, 3.8) is 0 Å². The summed E-state index contributed by atoms with van der Waals surface area (Å²) in [5, 5.41) is 22.6. The summed E-state index contributed by atoms with van der Waals surface area (Å²) in [7, 11) is -9.14. The lowest BCUT2D eigenvalue weighted by atomic mass is 10.1. The summed E-state index contributed by atoms with van der Waals surface area (Å²) in [4.78, 5) is 20.5. The third kappa shape index (κ3) is 5.35. The number of sulfone groups is 2. The first-order valence-corrected chi connectivity index (χ1v) is 12.8. The van der Waals surface area contributed by atoms with Crippen LogP contribution in [-0.2, 0) is 19.7 Å². The molecule has 0 radical (unpaired) electrons. The molecule has 3 aromatic carbocycles. The van der Waals surface area contributed by atoms with Crippen LogP contribution < -0.4 is 0 Å². The molecule has 0 atom stereocenters. The first kappa shape index (κ1) is 24.7. The van der Waals surface area contributed by atoms with Crippen molar-refractivity contribution < 1.29 is 26.7 Å². The zero-order valence-electron chi connectivity index (χ0n) is 17.4. The van der Waals surface area contributed by atoms with E-state index in [1.807, 2.05) is 0 Å². The number of allylic oxidation sites excluding steroid dienone is 1. The molecule has 10 nitrogen and oxygen atoms in total. The highest BCUT2D eigenvalue weighted by molar-refractivity contribution is 8.09. The summed E-state index contributed by atoms with van der Waals surface area (Å²) in [6.45, 7) is 0. The maximum absolute atomic E-state index is 13.4. The van der Waals surface area contributed by atoms with E-state index >= 15 is 0 Å². The Morgan fingerprint density at radius 2 is 1.18 bits per heavy atom. The molecule has 0 aliphatic carbocycles. The zero-order chi connectivity index (χ0) is 24.9. The molecule has 0 fully saturated rings. The van der Waals surface area contributed by atoms with Crippen molar-refractivity contribution in [2.24, 2.45) is 0 Å². The highest BCUT2D eigenvalue weighted by Gasteiger charge is 2.42. The molecule has 0 aliphatic heterocycles. The summed E-state index contributed by atoms with van der Waals surface area (Å²) < 4.78 is 51.3. The molecule has 3 rings (SSSR count). The highest BCUT2D eigenvalue weighted by atomic mass is 32.3. The van der Waals surface area contributed by atoms with E-state index < -0.39 is 46.2 Å². The summed E-state index contributed by atoms with van der Waals surface area (Å²) in [6, 6.07) is 18.4. The number of nitrogens with zero attached hydrogens (tertiary/aromatic N) is 2. The maximum Gasteiger partial charge on any atom is 0.269 e. The fourth-order valence-corrected chi connectivity index (χ4v) is 7.61. The molecular weight excluding hydrogens is 484 g/mol. The number of nitro benzene ring substituents is 1. The number of hydrogen-bond acceptors (Lipinski definition) is 8. The van der Waals surface area contributed by atoms with Gasteiger partial charge in [-0.1, -0.05) is 36.4 Å². The van der Waals surface area contributed by atoms with Crippen molar-refractivity contribution in [1.29, 1.82) is 0 Å². The monoisotopic (exact) mass is 502 g/mol. The molecule has 0 bridgehead atoms. The minimum Gasteiger partial charge on any atom is -0.259 e. The Balaban J connectivity index is 2.13. The smallest absolute Gasteiger partial charge is 0.259 e. The molecule has 12 heteroatoms. The normalized spacial score (nSPS) is 12.4. The highest BCUT2D eigenvalue weighted by Crippen LogP contribution is 2.31. The fraction of sp³-hybridized carbons (Fsp3) is 0.0909. The molecule has 0 heterocycles. The van der Waals surface area contributed by atoms with E-state index in [0.29, 0.717) is 0 Å². The van der Waals surface area contributed by atoms with Gasteiger partial charge in [0.2, 0.25) is 5.70 Å². The van der Waals surface area contributed by atoms with Gasteiger partial charge in [-0.3, -0.25) is 20.2 Å². The van der Waals surface area contributed by atoms with E-state index in [-0.39, 0.29) is 21.0 Å². The van der Waals surface area contributed by atoms with Crippen LogP contribution in [0.5, 0.6) is 0 Å². The minimum atomic E-state index is -4.57. The van der Waals surface area contributed by atoms with Crippen molar-refractivity contribution in [3.8, 4) is 0 Å². The number of nitro groups is 2. The van der Waals surface area contributed by atoms with Crippen LogP contribution in [0.15, 0.2) is 100 Å². The molecule has 176 valence electrons. The number of hydrogen-bond donors (Lipinski definition) is 0. The van der Waals surface area contributed by atoms with Crippen molar-refractivity contribution in [2.75, 3.05) is 0 Å². The van der Waals surface area contributed by atoms with Crippen LogP contribution >= 0.6 is 0 Å². The van der Waals surface area contributed by atoms with Crippen LogP contribution in [0.2, 0.25) is 0 Å². The lowest BCUT2D eigenvalue weighted by Crippen LogP contribution is -2.32. The van der Waals surface area contributed by atoms with Gasteiger partial charge in [-0.05, 0) is 42.0 Å². The van der Waals surface area contributed by atoms with Crippen molar-refractivity contribution in [3.05, 3.63) is 116 Å². The van der Waals surface area contributed by atoms with Crippen LogP contribution in [0.3, 0.4) is 0 Å². The average molecular weight is 503 g/mol. The molecule has 0 aromatic heterocycles. The lowest BCUT2D eigenvalue weighted by molar-refractivity contribution is -0.425. The Morgan fingerprint density at radius 3 is 1.56 bits per heavy atom. The quantitative estimate of drug-likeness (QED) is 0.315. The Morgan fingerprint density at radius 1 is 0.735 bits per heavy atom. The maximum atomic E-state index is 13.4. The van der Waals surface area contributed by atoms with Gasteiger partial charge in [0.1, 0.15) is 0 Å². The van der Waals surface area contributed by atoms with Gasteiger partial charge in [-0.2, -0.15) is 0 Å². The zero-order valence-corrected chi connectivity index (χ0v) is 19.1. The molecule has 0 amide bonds. The van der Waals surface area contributed by atoms with E-state index in [1.165, 1.54) is 60.7 Å². The van der Waals surface area contributed by atoms with Crippen molar-refractivity contribution in [2.45, 2.75) is 20.8 Å². The lowest BCUT2D eigenvalue weighted by Gasteiger charge is -2.18. The number of non-ortho nitro benzene ring substituents is 1. The Labute approximate surface area is 195 Å². The van der Waals surface area contributed by atoms with Gasteiger partial charge in [-0.25, -0.2) is 16.8 Å². The fourth-order valence-electron chi connectivity index (χ4n) is 3.15. The van der Waals surface area contributed by atoms with Gasteiger partial charge in [0.15, 0.2) is 24.3 Å². The second kappa shape index (κ2) is 9.93. The van der Waals surface area contributed by atoms with Crippen LogP contribution in [-0.4, -0.2) is 31.3 Å². The van der Waals surface area contributed by atoms with Gasteiger partial charge < -0.3 is 0 Å². The Hall–Kier alpha value is -3.90. The third-order valence-corrected chi connectivity index (χ3v) is 9.98. The van der Waals surface area contributed by atoms with E-state index in [0.717, 1.165) is 18.2 Å². The third-order valence-electron chi connectivity index (χ3n) is 4.88. The molecular formula is C22H18N2O8S2. The van der Waals surface area contributed by atoms with E-state index in [9.17, 15) is 37.1 Å². The number of benzene rings is 3. The summed E-state index contributed by atoms with van der Waals surface area (Å²) in [6.07, 6.45) is 0.0518.